The van der Waals surface area contributed by atoms with Crippen LogP contribution in [0.2, 0.25) is 0 Å². The second-order valence-corrected chi connectivity index (χ2v) is 8.92. The van der Waals surface area contributed by atoms with Crippen LogP contribution in [0.25, 0.3) is 11.0 Å². The third-order valence-electron chi connectivity index (χ3n) is 6.22. The number of carbonyl (C=O) groups is 1. The van der Waals surface area contributed by atoms with E-state index in [1.807, 2.05) is 11.1 Å². The first-order valence-corrected chi connectivity index (χ1v) is 11.5. The first-order chi connectivity index (χ1) is 15.6. The number of hydrogen-bond donors (Lipinski definition) is 2. The number of hydrogen-bond acceptors (Lipinski definition) is 7. The van der Waals surface area contributed by atoms with Crippen molar-refractivity contribution < 1.29 is 10.0 Å². The summed E-state index contributed by atoms with van der Waals surface area (Å²) in [6, 6.07) is 8.27. The fourth-order valence-electron chi connectivity index (χ4n) is 4.65. The lowest BCUT2D eigenvalue weighted by molar-refractivity contribution is -0.128. The summed E-state index contributed by atoms with van der Waals surface area (Å²) < 4.78 is 2.35. The van der Waals surface area contributed by atoms with E-state index in [1.165, 1.54) is 25.9 Å². The van der Waals surface area contributed by atoms with Gasteiger partial charge < -0.3 is 9.47 Å². The minimum absolute atomic E-state index is 0.0319. The van der Waals surface area contributed by atoms with Gasteiger partial charge in [0.1, 0.15) is 11.9 Å². The first-order valence-electron chi connectivity index (χ1n) is 11.5. The van der Waals surface area contributed by atoms with E-state index in [9.17, 15) is 4.79 Å². The fraction of sp³-hybridized carbons (Fsp3) is 0.565. The maximum absolute atomic E-state index is 11.3. The van der Waals surface area contributed by atoms with Crippen LogP contribution in [0.3, 0.4) is 0 Å². The van der Waals surface area contributed by atoms with Crippen molar-refractivity contribution in [3.63, 3.8) is 0 Å². The second kappa shape index (κ2) is 10.2. The summed E-state index contributed by atoms with van der Waals surface area (Å²) in [4.78, 5) is 18.9. The SMILES string of the molecule is CC(C)C(c1nc2ccccc2n1CCCN1CCCC1)N1C/C(=C/CC(=O)NO)N=N1. The largest absolute Gasteiger partial charge is 0.326 e. The van der Waals surface area contributed by atoms with Gasteiger partial charge in [0.05, 0.1) is 23.3 Å². The predicted octanol–water partition coefficient (Wildman–Crippen LogP) is 3.68. The van der Waals surface area contributed by atoms with E-state index in [-0.39, 0.29) is 18.4 Å². The van der Waals surface area contributed by atoms with Crippen molar-refractivity contribution in [2.45, 2.75) is 52.1 Å². The van der Waals surface area contributed by atoms with Crippen LogP contribution in [0.5, 0.6) is 0 Å². The van der Waals surface area contributed by atoms with Crippen molar-refractivity contribution in [3.05, 3.63) is 41.9 Å². The number of amides is 1. The maximum Gasteiger partial charge on any atom is 0.247 e. The Bertz CT molecular complexity index is 991. The molecule has 2 aliphatic rings. The van der Waals surface area contributed by atoms with E-state index in [0.717, 1.165) is 42.1 Å². The van der Waals surface area contributed by atoms with Crippen LogP contribution in [0.15, 0.2) is 46.4 Å². The number of imidazole rings is 1. The maximum atomic E-state index is 11.3. The molecular weight excluding hydrogens is 406 g/mol. The highest BCUT2D eigenvalue weighted by molar-refractivity contribution is 5.76. The molecule has 1 amide bonds. The third kappa shape index (κ3) is 4.99. The third-order valence-corrected chi connectivity index (χ3v) is 6.22. The van der Waals surface area contributed by atoms with Crippen molar-refractivity contribution >= 4 is 16.9 Å². The quantitative estimate of drug-likeness (QED) is 0.459. The lowest BCUT2D eigenvalue weighted by Crippen LogP contribution is -2.29. The molecule has 3 heterocycles. The number of likely N-dealkylation sites (tertiary alicyclic amines) is 1. The minimum atomic E-state index is -0.466. The number of aromatic nitrogens is 2. The van der Waals surface area contributed by atoms with Crippen LogP contribution in [0.4, 0.5) is 0 Å². The Balaban J connectivity index is 1.56. The lowest BCUT2D eigenvalue weighted by atomic mass is 10.0. The van der Waals surface area contributed by atoms with Crippen molar-refractivity contribution in [1.82, 2.24) is 24.9 Å². The number of benzene rings is 1. The Morgan fingerprint density at radius 2 is 2.00 bits per heavy atom. The van der Waals surface area contributed by atoms with Crippen LogP contribution >= 0.6 is 0 Å². The van der Waals surface area contributed by atoms with Gasteiger partial charge in [0.15, 0.2) is 0 Å². The Morgan fingerprint density at radius 1 is 1.22 bits per heavy atom. The smallest absolute Gasteiger partial charge is 0.247 e. The van der Waals surface area contributed by atoms with E-state index in [1.54, 1.807) is 11.6 Å². The van der Waals surface area contributed by atoms with Crippen LogP contribution in [0, 0.1) is 5.92 Å². The van der Waals surface area contributed by atoms with E-state index in [2.05, 4.69) is 51.9 Å². The van der Waals surface area contributed by atoms with Crippen molar-refractivity contribution in [2.75, 3.05) is 26.2 Å². The summed E-state index contributed by atoms with van der Waals surface area (Å²) in [5.41, 5.74) is 4.52. The molecule has 0 aliphatic carbocycles. The number of fused-ring (bicyclic) bond motifs is 1. The number of nitrogens with one attached hydrogen (secondary N) is 1. The van der Waals surface area contributed by atoms with E-state index >= 15 is 0 Å². The predicted molar refractivity (Wildman–Crippen MR) is 122 cm³/mol. The van der Waals surface area contributed by atoms with Gasteiger partial charge >= 0.3 is 0 Å². The summed E-state index contributed by atoms with van der Waals surface area (Å²) in [5, 5.41) is 19.3. The number of aryl methyl sites for hydroxylation is 1. The van der Waals surface area contributed by atoms with Crippen LogP contribution < -0.4 is 5.48 Å². The first kappa shape index (κ1) is 22.4. The molecule has 1 aromatic heterocycles. The van der Waals surface area contributed by atoms with Gasteiger partial charge in [-0.15, -0.1) is 5.11 Å². The van der Waals surface area contributed by atoms with Crippen molar-refractivity contribution in [3.8, 4) is 0 Å². The Morgan fingerprint density at radius 3 is 2.75 bits per heavy atom. The number of hydroxylamine groups is 1. The Labute approximate surface area is 188 Å². The average molecular weight is 440 g/mol. The molecule has 0 radical (unpaired) electrons. The molecule has 172 valence electrons. The van der Waals surface area contributed by atoms with Gasteiger partial charge in [0.25, 0.3) is 0 Å². The molecule has 1 fully saturated rings. The summed E-state index contributed by atoms with van der Waals surface area (Å²) >= 11 is 0. The van der Waals surface area contributed by atoms with Crippen molar-refractivity contribution in [2.24, 2.45) is 16.3 Å². The molecule has 9 nitrogen and oxygen atoms in total. The standard InChI is InChI=1S/C23H33N7O2/c1-17(2)22(30-16-18(25-27-30)10-11-21(31)26-32)23-24-19-8-3-4-9-20(19)29(23)15-7-14-28-12-5-6-13-28/h3-4,8-10,17,22,32H,5-7,11-16H2,1-2H3,(H,26,31)/b18-10-. The summed E-state index contributed by atoms with van der Waals surface area (Å²) in [5.74, 6) is 0.811. The molecule has 0 bridgehead atoms. The molecule has 32 heavy (non-hydrogen) atoms. The zero-order chi connectivity index (χ0) is 22.5. The van der Waals surface area contributed by atoms with Gasteiger partial charge in [0, 0.05) is 13.0 Å². The van der Waals surface area contributed by atoms with Gasteiger partial charge in [-0.25, -0.2) is 10.5 Å². The molecule has 9 heteroatoms. The van der Waals surface area contributed by atoms with Gasteiger partial charge in [-0.3, -0.25) is 15.0 Å². The molecule has 2 aromatic rings. The monoisotopic (exact) mass is 439 g/mol. The number of carbonyl (C=O) groups excluding carboxylic acids is 1. The Kier molecular flexibility index (Phi) is 7.16. The number of nitrogens with zero attached hydrogens (tertiary/aromatic N) is 6. The van der Waals surface area contributed by atoms with Gasteiger partial charge in [-0.2, -0.15) is 0 Å². The van der Waals surface area contributed by atoms with Crippen LogP contribution in [-0.2, 0) is 11.3 Å². The van der Waals surface area contributed by atoms with Gasteiger partial charge in [-0.05, 0) is 63.0 Å². The molecular formula is C23H33N7O2. The molecule has 0 spiro atoms. The highest BCUT2D eigenvalue weighted by Crippen LogP contribution is 2.34. The fourth-order valence-corrected chi connectivity index (χ4v) is 4.65. The molecule has 0 saturated carbocycles. The second-order valence-electron chi connectivity index (χ2n) is 8.92. The number of para-hydroxylation sites is 2. The molecule has 1 atom stereocenters. The molecule has 1 saturated heterocycles. The molecule has 1 unspecified atom stereocenters. The highest BCUT2D eigenvalue weighted by atomic mass is 16.5. The Hall–Kier alpha value is -2.78. The zero-order valence-electron chi connectivity index (χ0n) is 18.9. The molecule has 1 aromatic carbocycles. The molecule has 4 rings (SSSR count). The van der Waals surface area contributed by atoms with Gasteiger partial charge in [0.2, 0.25) is 5.91 Å². The molecule has 2 aliphatic heterocycles. The number of rotatable bonds is 9. The van der Waals surface area contributed by atoms with Crippen LogP contribution in [-0.4, -0.2) is 56.8 Å². The normalized spacial score (nSPS) is 19.0. The summed E-state index contributed by atoms with van der Waals surface area (Å²) in [6.45, 7) is 9.32. The van der Waals surface area contributed by atoms with E-state index in [4.69, 9.17) is 10.2 Å². The van der Waals surface area contributed by atoms with Gasteiger partial charge in [-0.1, -0.05) is 31.2 Å². The van der Waals surface area contributed by atoms with E-state index in [0.29, 0.717) is 6.54 Å². The zero-order valence-corrected chi connectivity index (χ0v) is 18.9. The van der Waals surface area contributed by atoms with Crippen molar-refractivity contribution in [1.29, 1.82) is 0 Å². The lowest BCUT2D eigenvalue weighted by Gasteiger charge is -2.28. The summed E-state index contributed by atoms with van der Waals surface area (Å²) in [6.07, 6.45) is 5.47. The highest BCUT2D eigenvalue weighted by Gasteiger charge is 2.31. The molecule has 2 N–H and O–H groups in total. The minimum Gasteiger partial charge on any atom is -0.326 e. The summed E-state index contributed by atoms with van der Waals surface area (Å²) in [7, 11) is 0. The van der Waals surface area contributed by atoms with Crippen LogP contribution in [0.1, 0.15) is 51.4 Å². The topological polar surface area (TPSA) is 98.4 Å². The average Bonchev–Trinajstić information content (AvgIpc) is 3.53. The van der Waals surface area contributed by atoms with E-state index < -0.39 is 5.91 Å².